The first-order valence-corrected chi connectivity index (χ1v) is 8.40. The molecule has 0 aliphatic rings. The molecule has 0 atom stereocenters. The Morgan fingerprint density at radius 1 is 0.333 bits per heavy atom. The van der Waals surface area contributed by atoms with Crippen LogP contribution in [-0.4, -0.2) is 12.2 Å². The van der Waals surface area contributed by atoms with Gasteiger partial charge in [0, 0.05) is 6.08 Å². The number of carbonyl (C=O) groups is 1. The van der Waals surface area contributed by atoms with Crippen molar-refractivity contribution in [1.82, 2.24) is 0 Å². The molecular formula is C25H24O2. The van der Waals surface area contributed by atoms with Crippen LogP contribution in [0, 0.1) is 0 Å². The molecule has 0 aromatic rings. The zero-order valence-corrected chi connectivity index (χ0v) is 15.2. The maximum Gasteiger partial charge on any atom is 0.142 e. The van der Waals surface area contributed by atoms with Gasteiger partial charge in [-0.3, -0.25) is 4.79 Å². The van der Waals surface area contributed by atoms with Crippen molar-refractivity contribution < 1.29 is 9.59 Å². The van der Waals surface area contributed by atoms with Gasteiger partial charge >= 0.3 is 0 Å². The van der Waals surface area contributed by atoms with Crippen LogP contribution in [0.2, 0.25) is 0 Å². The second-order valence-electron chi connectivity index (χ2n) is 4.65. The lowest BCUT2D eigenvalue weighted by atomic mass is 10.3. The average Bonchev–Trinajstić information content (AvgIpc) is 2.68. The summed E-state index contributed by atoms with van der Waals surface area (Å²) in [6, 6.07) is 0. The average molecular weight is 356 g/mol. The van der Waals surface area contributed by atoms with Crippen LogP contribution in [0.25, 0.3) is 0 Å². The highest BCUT2D eigenvalue weighted by Crippen LogP contribution is 1.87. The molecule has 0 unspecified atom stereocenters. The number of allylic oxidation sites excluding steroid dienone is 23. The van der Waals surface area contributed by atoms with Gasteiger partial charge in [-0.15, -0.1) is 0 Å². The van der Waals surface area contributed by atoms with Gasteiger partial charge in [0.1, 0.15) is 12.2 Å². The van der Waals surface area contributed by atoms with Gasteiger partial charge in [-0.25, -0.2) is 4.79 Å². The molecule has 0 rings (SSSR count). The minimum absolute atomic E-state index is 0.742. The summed E-state index contributed by atoms with van der Waals surface area (Å²) < 4.78 is 0. The quantitative estimate of drug-likeness (QED) is 0.195. The molecule has 0 saturated heterocycles. The standard InChI is InChI=1S/C25H24O2/c26-24-22-20-18-16-14-12-10-8-6-4-2-1-3-5-7-9-11-13-15-17-19-21-23-25-27/h1-24H/b2-1+,5-3+,6-4+,9-7+,10-8+,13-11+,14-12+,17-15+,18-16+,21-19+,22-20+. The summed E-state index contributed by atoms with van der Waals surface area (Å²) in [6.07, 6.45) is 42.9. The Bertz CT molecular complexity index is 752. The first kappa shape index (κ1) is 23.3. The van der Waals surface area contributed by atoms with Crippen LogP contribution in [0.4, 0.5) is 0 Å². The van der Waals surface area contributed by atoms with Crippen LogP contribution in [0.5, 0.6) is 0 Å². The monoisotopic (exact) mass is 356 g/mol. The van der Waals surface area contributed by atoms with Crippen molar-refractivity contribution in [2.75, 3.05) is 0 Å². The van der Waals surface area contributed by atoms with E-state index in [2.05, 4.69) is 0 Å². The SMILES string of the molecule is O=C=C/C=C/C=C/C=C/C=C/C=C/C=C/C=C/C=C/C=C/C=C/C=C/C=O. The van der Waals surface area contributed by atoms with E-state index >= 15 is 0 Å². The molecule has 0 fully saturated rings. The summed E-state index contributed by atoms with van der Waals surface area (Å²) in [6.45, 7) is 0. The molecule has 0 bridgehead atoms. The Morgan fingerprint density at radius 3 is 0.778 bits per heavy atom. The van der Waals surface area contributed by atoms with E-state index in [1.54, 1.807) is 30.2 Å². The summed E-state index contributed by atoms with van der Waals surface area (Å²) in [4.78, 5) is 19.9. The first-order chi connectivity index (χ1) is 13.4. The Kier molecular flexibility index (Phi) is 19.2. The highest BCUT2D eigenvalue weighted by atomic mass is 16.1. The van der Waals surface area contributed by atoms with Gasteiger partial charge in [-0.2, -0.15) is 0 Å². The van der Waals surface area contributed by atoms with Crippen LogP contribution in [0.3, 0.4) is 0 Å². The summed E-state index contributed by atoms with van der Waals surface area (Å²) in [5.74, 6) is 1.67. The first-order valence-electron chi connectivity index (χ1n) is 8.40. The number of aldehydes is 1. The molecule has 2 heteroatoms. The van der Waals surface area contributed by atoms with Crippen molar-refractivity contribution in [3.8, 4) is 0 Å². The van der Waals surface area contributed by atoms with Crippen molar-refractivity contribution in [1.29, 1.82) is 0 Å². The van der Waals surface area contributed by atoms with E-state index in [0.29, 0.717) is 0 Å². The molecular weight excluding hydrogens is 332 g/mol. The van der Waals surface area contributed by atoms with E-state index in [1.165, 1.54) is 12.2 Å². The molecule has 0 aromatic carbocycles. The van der Waals surface area contributed by atoms with Crippen LogP contribution >= 0.6 is 0 Å². The Labute approximate surface area is 162 Å². The summed E-state index contributed by atoms with van der Waals surface area (Å²) in [5, 5.41) is 0. The molecule has 0 heterocycles. The second-order valence-corrected chi connectivity index (χ2v) is 4.65. The van der Waals surface area contributed by atoms with Gasteiger partial charge < -0.3 is 0 Å². The van der Waals surface area contributed by atoms with E-state index in [9.17, 15) is 9.59 Å². The third kappa shape index (κ3) is 22.3. The van der Waals surface area contributed by atoms with Gasteiger partial charge in [-0.05, 0) is 6.08 Å². The molecule has 0 aliphatic carbocycles. The molecule has 0 amide bonds. The molecule has 0 radical (unpaired) electrons. The minimum Gasteiger partial charge on any atom is -0.299 e. The van der Waals surface area contributed by atoms with Crippen molar-refractivity contribution in [2.24, 2.45) is 0 Å². The van der Waals surface area contributed by atoms with Gasteiger partial charge in [0.2, 0.25) is 0 Å². The van der Waals surface area contributed by atoms with E-state index in [4.69, 9.17) is 0 Å². The maximum atomic E-state index is 10.0. The maximum absolute atomic E-state index is 10.0. The number of hydrogen-bond acceptors (Lipinski definition) is 2. The topological polar surface area (TPSA) is 34.1 Å². The van der Waals surface area contributed by atoms with E-state index in [1.807, 2.05) is 103 Å². The second kappa shape index (κ2) is 22.3. The van der Waals surface area contributed by atoms with Gasteiger partial charge in [0.25, 0.3) is 0 Å². The number of rotatable bonds is 12. The van der Waals surface area contributed by atoms with Crippen LogP contribution in [0.15, 0.2) is 140 Å². The fourth-order valence-corrected chi connectivity index (χ4v) is 1.42. The van der Waals surface area contributed by atoms with Gasteiger partial charge in [-0.1, -0.05) is 128 Å². The van der Waals surface area contributed by atoms with Crippen LogP contribution in [-0.2, 0) is 9.59 Å². The molecule has 0 aliphatic heterocycles. The highest BCUT2D eigenvalue weighted by molar-refractivity contribution is 5.65. The molecule has 0 spiro atoms. The Morgan fingerprint density at radius 2 is 0.556 bits per heavy atom. The van der Waals surface area contributed by atoms with E-state index in [-0.39, 0.29) is 0 Å². The summed E-state index contributed by atoms with van der Waals surface area (Å²) >= 11 is 0. The lowest BCUT2D eigenvalue weighted by molar-refractivity contribution is -0.104. The zero-order chi connectivity index (χ0) is 19.7. The van der Waals surface area contributed by atoms with Crippen molar-refractivity contribution in [3.05, 3.63) is 140 Å². The van der Waals surface area contributed by atoms with Gasteiger partial charge in [0.05, 0.1) is 0 Å². The molecule has 27 heavy (non-hydrogen) atoms. The minimum atomic E-state index is 0.742. The normalized spacial score (nSPS) is 13.9. The molecule has 0 saturated carbocycles. The van der Waals surface area contributed by atoms with Crippen LogP contribution < -0.4 is 0 Å². The van der Waals surface area contributed by atoms with Crippen molar-refractivity contribution >= 4 is 12.2 Å². The lowest BCUT2D eigenvalue weighted by Gasteiger charge is -1.76. The third-order valence-corrected chi connectivity index (χ3v) is 2.58. The Balaban J connectivity index is 3.95. The zero-order valence-electron chi connectivity index (χ0n) is 15.2. The fourth-order valence-electron chi connectivity index (χ4n) is 1.42. The molecule has 0 aromatic heterocycles. The number of carbonyl (C=O) groups excluding carboxylic acids is 2. The predicted molar refractivity (Wildman–Crippen MR) is 117 cm³/mol. The summed E-state index contributed by atoms with van der Waals surface area (Å²) in [5.41, 5.74) is 0. The Hall–Kier alpha value is -3.74. The third-order valence-electron chi connectivity index (χ3n) is 2.58. The molecule has 0 N–H and O–H groups in total. The van der Waals surface area contributed by atoms with Crippen molar-refractivity contribution in [3.63, 3.8) is 0 Å². The smallest absolute Gasteiger partial charge is 0.142 e. The van der Waals surface area contributed by atoms with E-state index in [0.717, 1.165) is 6.29 Å². The van der Waals surface area contributed by atoms with Crippen molar-refractivity contribution in [2.45, 2.75) is 0 Å². The lowest BCUT2D eigenvalue weighted by Crippen LogP contribution is -1.56. The van der Waals surface area contributed by atoms with E-state index < -0.39 is 0 Å². The van der Waals surface area contributed by atoms with Gasteiger partial charge in [0.15, 0.2) is 0 Å². The van der Waals surface area contributed by atoms with Crippen LogP contribution in [0.1, 0.15) is 0 Å². The number of hydrogen-bond donors (Lipinski definition) is 0. The molecule has 136 valence electrons. The predicted octanol–water partition coefficient (Wildman–Crippen LogP) is 5.69. The fraction of sp³-hybridized carbons (Fsp3) is 0. The summed E-state index contributed by atoms with van der Waals surface area (Å²) in [7, 11) is 0. The highest BCUT2D eigenvalue weighted by Gasteiger charge is 1.66. The largest absolute Gasteiger partial charge is 0.299 e. The molecule has 2 nitrogen and oxygen atoms in total.